The Morgan fingerprint density at radius 1 is 1.50 bits per heavy atom. The van der Waals surface area contributed by atoms with Crippen LogP contribution in [-0.2, 0) is 4.79 Å². The lowest BCUT2D eigenvalue weighted by molar-refractivity contribution is -0.131. The van der Waals surface area contributed by atoms with E-state index in [0.29, 0.717) is 5.92 Å². The Hall–Kier alpha value is -1.05. The molecule has 2 aliphatic rings. The highest BCUT2D eigenvalue weighted by Crippen LogP contribution is 2.63. The third kappa shape index (κ3) is 1.70. The number of carboxylic acids is 1. The number of hydrogen-bond donors (Lipinski definition) is 1. The van der Waals surface area contributed by atoms with Gasteiger partial charge in [0.05, 0.1) is 0 Å². The minimum Gasteiger partial charge on any atom is -0.478 e. The maximum atomic E-state index is 10.6. The Morgan fingerprint density at radius 2 is 2.12 bits per heavy atom. The van der Waals surface area contributed by atoms with E-state index in [1.165, 1.54) is 11.6 Å². The average Bonchev–Trinajstić information content (AvgIpc) is 2.90. The van der Waals surface area contributed by atoms with Crippen LogP contribution in [0.4, 0.5) is 0 Å². The average molecular weight is 220 g/mol. The van der Waals surface area contributed by atoms with Crippen molar-refractivity contribution in [2.45, 2.75) is 40.0 Å². The van der Waals surface area contributed by atoms with Crippen molar-refractivity contribution >= 4 is 5.97 Å². The van der Waals surface area contributed by atoms with Gasteiger partial charge >= 0.3 is 5.97 Å². The van der Waals surface area contributed by atoms with Gasteiger partial charge in [0.1, 0.15) is 0 Å². The van der Waals surface area contributed by atoms with Crippen LogP contribution < -0.4 is 0 Å². The Bertz CT molecular complexity index is 370. The quantitative estimate of drug-likeness (QED) is 0.584. The molecule has 1 N–H and O–H groups in total. The van der Waals surface area contributed by atoms with Crippen LogP contribution in [0.2, 0.25) is 0 Å². The van der Waals surface area contributed by atoms with Crippen molar-refractivity contribution in [3.63, 3.8) is 0 Å². The van der Waals surface area contributed by atoms with E-state index in [1.54, 1.807) is 0 Å². The summed E-state index contributed by atoms with van der Waals surface area (Å²) in [5, 5.41) is 8.73. The largest absolute Gasteiger partial charge is 0.478 e. The zero-order valence-corrected chi connectivity index (χ0v) is 10.3. The molecule has 0 spiro atoms. The van der Waals surface area contributed by atoms with Crippen molar-refractivity contribution < 1.29 is 9.90 Å². The summed E-state index contributed by atoms with van der Waals surface area (Å²) in [4.78, 5) is 10.6. The Kier molecular flexibility index (Phi) is 2.48. The Balaban J connectivity index is 2.18. The summed E-state index contributed by atoms with van der Waals surface area (Å²) in [6, 6.07) is 0. The number of rotatable bonds is 3. The normalized spacial score (nSPS) is 30.4. The molecule has 88 valence electrons. The van der Waals surface area contributed by atoms with Crippen LogP contribution in [0, 0.1) is 16.7 Å². The first kappa shape index (κ1) is 11.4. The molecular formula is C14H20O2. The van der Waals surface area contributed by atoms with Gasteiger partial charge in [-0.15, -0.1) is 0 Å². The van der Waals surface area contributed by atoms with Crippen LogP contribution in [0.5, 0.6) is 0 Å². The molecule has 2 rings (SSSR count). The van der Waals surface area contributed by atoms with E-state index in [1.807, 2.05) is 6.08 Å². The first-order valence-electron chi connectivity index (χ1n) is 5.98. The highest BCUT2D eigenvalue weighted by molar-refractivity contribution is 5.80. The van der Waals surface area contributed by atoms with E-state index in [2.05, 4.69) is 26.8 Å². The van der Waals surface area contributed by atoms with Crippen molar-refractivity contribution in [1.82, 2.24) is 0 Å². The van der Waals surface area contributed by atoms with Crippen molar-refractivity contribution in [2.24, 2.45) is 16.7 Å². The summed E-state index contributed by atoms with van der Waals surface area (Å²) in [5.41, 5.74) is 1.84. The fourth-order valence-corrected chi connectivity index (χ4v) is 3.09. The molecular weight excluding hydrogens is 200 g/mol. The molecule has 2 heteroatoms. The lowest BCUT2D eigenvalue weighted by Gasteiger charge is -2.35. The van der Waals surface area contributed by atoms with E-state index in [-0.39, 0.29) is 10.8 Å². The fraction of sp³-hybridized carbons (Fsp3) is 0.643. The first-order chi connectivity index (χ1) is 7.38. The van der Waals surface area contributed by atoms with E-state index in [0.717, 1.165) is 19.3 Å². The van der Waals surface area contributed by atoms with E-state index in [9.17, 15) is 4.79 Å². The second-order valence-corrected chi connectivity index (χ2v) is 5.80. The standard InChI is InChI=1S/C14H20O2/c1-10-4-5-11(13(10,2)3)14(8-9-14)7-6-12(15)16/h4,6-7,11H,5,8-9H2,1-3H3,(H,15,16)/b7-6+. The van der Waals surface area contributed by atoms with Crippen LogP contribution in [0.25, 0.3) is 0 Å². The van der Waals surface area contributed by atoms with Gasteiger partial charge in [0, 0.05) is 6.08 Å². The van der Waals surface area contributed by atoms with Crippen molar-refractivity contribution in [2.75, 3.05) is 0 Å². The highest BCUT2D eigenvalue weighted by Gasteiger charge is 2.54. The summed E-state index contributed by atoms with van der Waals surface area (Å²) in [6.07, 6.45) is 8.98. The molecule has 0 aliphatic heterocycles. The second kappa shape index (κ2) is 3.47. The minimum absolute atomic E-state index is 0.163. The van der Waals surface area contributed by atoms with Crippen LogP contribution in [0.3, 0.4) is 0 Å². The van der Waals surface area contributed by atoms with E-state index < -0.39 is 5.97 Å². The maximum Gasteiger partial charge on any atom is 0.327 e. The minimum atomic E-state index is -0.827. The fourth-order valence-electron chi connectivity index (χ4n) is 3.09. The molecule has 1 fully saturated rings. The van der Waals surface area contributed by atoms with E-state index in [4.69, 9.17) is 5.11 Å². The molecule has 0 aromatic heterocycles. The van der Waals surface area contributed by atoms with Gasteiger partial charge in [0.2, 0.25) is 0 Å². The summed E-state index contributed by atoms with van der Waals surface area (Å²) in [7, 11) is 0. The lowest BCUT2D eigenvalue weighted by Crippen LogP contribution is -2.28. The predicted octanol–water partition coefficient (Wildman–Crippen LogP) is 3.40. The summed E-state index contributed by atoms with van der Waals surface area (Å²) >= 11 is 0. The van der Waals surface area contributed by atoms with Gasteiger partial charge < -0.3 is 5.11 Å². The number of allylic oxidation sites excluding steroid dienone is 3. The smallest absolute Gasteiger partial charge is 0.327 e. The molecule has 0 aromatic rings. The molecule has 0 heterocycles. The third-order valence-corrected chi connectivity index (χ3v) is 4.63. The zero-order chi connectivity index (χ0) is 12.0. The SMILES string of the molecule is CC1=CCC(C2(/C=C/C(=O)O)CC2)C1(C)C. The van der Waals surface area contributed by atoms with Gasteiger partial charge in [-0.3, -0.25) is 0 Å². The molecule has 0 saturated heterocycles. The van der Waals surface area contributed by atoms with Crippen molar-refractivity contribution in [1.29, 1.82) is 0 Å². The molecule has 0 bridgehead atoms. The molecule has 2 aliphatic carbocycles. The van der Waals surface area contributed by atoms with Gasteiger partial charge in [-0.25, -0.2) is 4.79 Å². The Labute approximate surface area is 97.0 Å². The summed E-state index contributed by atoms with van der Waals surface area (Å²) in [5.74, 6) is -0.248. The van der Waals surface area contributed by atoms with Crippen LogP contribution >= 0.6 is 0 Å². The third-order valence-electron chi connectivity index (χ3n) is 4.63. The van der Waals surface area contributed by atoms with Crippen molar-refractivity contribution in [3.05, 3.63) is 23.8 Å². The van der Waals surface area contributed by atoms with Crippen molar-refractivity contribution in [3.8, 4) is 0 Å². The highest BCUT2D eigenvalue weighted by atomic mass is 16.4. The molecule has 0 amide bonds. The van der Waals surface area contributed by atoms with Gasteiger partial charge in [-0.05, 0) is 42.9 Å². The molecule has 16 heavy (non-hydrogen) atoms. The van der Waals surface area contributed by atoms with Crippen LogP contribution in [0.1, 0.15) is 40.0 Å². The number of carbonyl (C=O) groups is 1. The maximum absolute atomic E-state index is 10.6. The predicted molar refractivity (Wildman–Crippen MR) is 64.1 cm³/mol. The van der Waals surface area contributed by atoms with Gasteiger partial charge in [-0.2, -0.15) is 0 Å². The molecule has 1 saturated carbocycles. The first-order valence-corrected chi connectivity index (χ1v) is 5.98. The van der Waals surface area contributed by atoms with Crippen LogP contribution in [-0.4, -0.2) is 11.1 Å². The molecule has 0 radical (unpaired) electrons. The second-order valence-electron chi connectivity index (χ2n) is 5.80. The lowest BCUT2D eigenvalue weighted by atomic mass is 9.69. The van der Waals surface area contributed by atoms with Gasteiger partial charge in [-0.1, -0.05) is 31.6 Å². The molecule has 1 atom stereocenters. The zero-order valence-electron chi connectivity index (χ0n) is 10.3. The van der Waals surface area contributed by atoms with Crippen LogP contribution in [0.15, 0.2) is 23.8 Å². The Morgan fingerprint density at radius 3 is 2.50 bits per heavy atom. The van der Waals surface area contributed by atoms with Gasteiger partial charge in [0.15, 0.2) is 0 Å². The number of hydrogen-bond acceptors (Lipinski definition) is 1. The monoisotopic (exact) mass is 220 g/mol. The number of aliphatic carboxylic acids is 1. The number of carboxylic acid groups (broad SMARTS) is 1. The topological polar surface area (TPSA) is 37.3 Å². The molecule has 2 nitrogen and oxygen atoms in total. The van der Waals surface area contributed by atoms with Gasteiger partial charge in [0.25, 0.3) is 0 Å². The summed E-state index contributed by atoms with van der Waals surface area (Å²) < 4.78 is 0. The summed E-state index contributed by atoms with van der Waals surface area (Å²) in [6.45, 7) is 6.76. The molecule has 0 aromatic carbocycles. The van der Waals surface area contributed by atoms with E-state index >= 15 is 0 Å². The molecule has 1 unspecified atom stereocenters.